The van der Waals surface area contributed by atoms with Gasteiger partial charge in [0.15, 0.2) is 0 Å². The maximum atomic E-state index is 12.5. The Hall–Kier alpha value is -1.89. The van der Waals surface area contributed by atoms with Crippen molar-refractivity contribution in [1.29, 1.82) is 0 Å². The molecule has 22 heavy (non-hydrogen) atoms. The molecule has 1 atom stereocenters. The molecule has 0 aliphatic rings. The van der Waals surface area contributed by atoms with Crippen LogP contribution in [-0.2, 0) is 16.3 Å². The lowest BCUT2D eigenvalue weighted by molar-refractivity contribution is 0.265. The average Bonchev–Trinajstić information content (AvgIpc) is 2.55. The zero-order chi connectivity index (χ0) is 16.2. The summed E-state index contributed by atoms with van der Waals surface area (Å²) in [6.07, 6.45) is 0.499. The molecule has 5 nitrogen and oxygen atoms in total. The molecular weight excluding hydrogens is 302 g/mol. The van der Waals surface area contributed by atoms with Crippen LogP contribution in [0, 0.1) is 0 Å². The van der Waals surface area contributed by atoms with Gasteiger partial charge in [-0.15, -0.1) is 0 Å². The Balaban J connectivity index is 2.25. The summed E-state index contributed by atoms with van der Waals surface area (Å²) >= 11 is 0. The van der Waals surface area contributed by atoms with Gasteiger partial charge in [-0.25, -0.2) is 8.42 Å². The summed E-state index contributed by atoms with van der Waals surface area (Å²) in [6, 6.07) is 12.5. The number of hydrogen-bond donors (Lipinski definition) is 2. The van der Waals surface area contributed by atoms with Gasteiger partial charge in [-0.2, -0.15) is 0 Å². The minimum atomic E-state index is -3.55. The third kappa shape index (κ3) is 3.65. The van der Waals surface area contributed by atoms with Gasteiger partial charge in [0.05, 0.1) is 23.5 Å². The second-order valence-electron chi connectivity index (χ2n) is 4.97. The first-order valence-electron chi connectivity index (χ1n) is 6.82. The summed E-state index contributed by atoms with van der Waals surface area (Å²) in [6.45, 7) is -0.105. The highest BCUT2D eigenvalue weighted by molar-refractivity contribution is 7.91. The Morgan fingerprint density at radius 2 is 1.55 bits per heavy atom. The van der Waals surface area contributed by atoms with E-state index in [-0.39, 0.29) is 22.4 Å². The van der Waals surface area contributed by atoms with E-state index in [9.17, 15) is 8.42 Å². The second-order valence-corrected chi connectivity index (χ2v) is 6.92. The summed E-state index contributed by atoms with van der Waals surface area (Å²) in [5, 5.41) is 8.94. The van der Waals surface area contributed by atoms with Crippen LogP contribution in [0.2, 0.25) is 0 Å². The fourth-order valence-electron chi connectivity index (χ4n) is 2.06. The molecule has 1 unspecified atom stereocenters. The number of nitrogens with two attached hydrogens (primary N) is 1. The molecule has 0 saturated carbocycles. The maximum Gasteiger partial charge on any atom is 0.206 e. The summed E-state index contributed by atoms with van der Waals surface area (Å²) < 4.78 is 30.1. The first-order chi connectivity index (χ1) is 10.5. The normalized spacial score (nSPS) is 12.9. The van der Waals surface area contributed by atoms with Crippen LogP contribution in [0.3, 0.4) is 0 Å². The van der Waals surface area contributed by atoms with Gasteiger partial charge in [0.1, 0.15) is 5.75 Å². The Morgan fingerprint density at radius 1 is 1.05 bits per heavy atom. The van der Waals surface area contributed by atoms with Gasteiger partial charge in [-0.3, -0.25) is 0 Å². The summed E-state index contributed by atoms with van der Waals surface area (Å²) in [5.41, 5.74) is 6.55. The van der Waals surface area contributed by atoms with Crippen LogP contribution >= 0.6 is 0 Å². The molecule has 2 aromatic rings. The van der Waals surface area contributed by atoms with E-state index < -0.39 is 9.84 Å². The van der Waals surface area contributed by atoms with Crippen molar-refractivity contribution in [2.45, 2.75) is 22.3 Å². The first kappa shape index (κ1) is 16.5. The number of aliphatic hydroxyl groups excluding tert-OH is 1. The number of methoxy groups -OCH3 is 1. The molecule has 0 saturated heterocycles. The average molecular weight is 321 g/mol. The monoisotopic (exact) mass is 321 g/mol. The van der Waals surface area contributed by atoms with Crippen LogP contribution in [0.25, 0.3) is 0 Å². The molecular formula is C16H19NO4S. The molecule has 0 aliphatic carbocycles. The van der Waals surface area contributed by atoms with Crippen molar-refractivity contribution in [1.82, 2.24) is 0 Å². The second kappa shape index (κ2) is 6.91. The third-order valence-electron chi connectivity index (χ3n) is 3.34. The predicted molar refractivity (Wildman–Crippen MR) is 83.7 cm³/mol. The van der Waals surface area contributed by atoms with E-state index in [0.717, 1.165) is 5.56 Å². The van der Waals surface area contributed by atoms with Gasteiger partial charge in [-0.05, 0) is 48.4 Å². The molecule has 6 heteroatoms. The third-order valence-corrected chi connectivity index (χ3v) is 5.12. The first-order valence-corrected chi connectivity index (χ1v) is 8.30. The number of rotatable bonds is 6. The van der Waals surface area contributed by atoms with Crippen LogP contribution < -0.4 is 10.5 Å². The largest absolute Gasteiger partial charge is 0.497 e. The van der Waals surface area contributed by atoms with E-state index in [1.807, 2.05) is 0 Å². The van der Waals surface area contributed by atoms with Gasteiger partial charge >= 0.3 is 0 Å². The molecule has 0 heterocycles. The number of sulfone groups is 1. The molecule has 0 spiro atoms. The Morgan fingerprint density at radius 3 is 2.00 bits per heavy atom. The molecule has 0 aliphatic heterocycles. The number of aliphatic hydroxyl groups is 1. The van der Waals surface area contributed by atoms with Crippen LogP contribution in [0.4, 0.5) is 0 Å². The number of hydrogen-bond acceptors (Lipinski definition) is 5. The fourth-order valence-corrected chi connectivity index (χ4v) is 3.32. The van der Waals surface area contributed by atoms with Crippen molar-refractivity contribution in [2.24, 2.45) is 5.73 Å². The lowest BCUT2D eigenvalue weighted by atomic mass is 10.1. The minimum absolute atomic E-state index is 0.105. The lowest BCUT2D eigenvalue weighted by Crippen LogP contribution is -2.26. The highest BCUT2D eigenvalue weighted by Crippen LogP contribution is 2.23. The summed E-state index contributed by atoms with van der Waals surface area (Å²) in [4.78, 5) is 0.437. The maximum absolute atomic E-state index is 12.5. The van der Waals surface area contributed by atoms with Crippen LogP contribution in [0.15, 0.2) is 58.3 Å². The van der Waals surface area contributed by atoms with Crippen molar-refractivity contribution in [3.05, 3.63) is 54.1 Å². The molecule has 0 amide bonds. The van der Waals surface area contributed by atoms with Crippen LogP contribution in [0.5, 0.6) is 5.75 Å². The molecule has 3 N–H and O–H groups in total. The van der Waals surface area contributed by atoms with Crippen molar-refractivity contribution < 1.29 is 18.3 Å². The molecule has 0 radical (unpaired) electrons. The fraction of sp³-hybridized carbons (Fsp3) is 0.250. The van der Waals surface area contributed by atoms with E-state index in [4.69, 9.17) is 15.6 Å². The highest BCUT2D eigenvalue weighted by atomic mass is 32.2. The van der Waals surface area contributed by atoms with E-state index in [2.05, 4.69) is 0 Å². The van der Waals surface area contributed by atoms with Crippen molar-refractivity contribution >= 4 is 9.84 Å². The SMILES string of the molecule is COc1ccc(S(=O)(=O)c2ccc(CC(N)CO)cc2)cc1. The quantitative estimate of drug-likeness (QED) is 0.839. The van der Waals surface area contributed by atoms with Gasteiger partial charge in [-0.1, -0.05) is 12.1 Å². The molecule has 0 bridgehead atoms. The summed E-state index contributed by atoms with van der Waals surface area (Å²) in [5.74, 6) is 0.604. The van der Waals surface area contributed by atoms with Crippen molar-refractivity contribution in [3.63, 3.8) is 0 Å². The number of ether oxygens (including phenoxy) is 1. The number of benzene rings is 2. The smallest absolute Gasteiger partial charge is 0.206 e. The van der Waals surface area contributed by atoms with Gasteiger partial charge in [0.25, 0.3) is 0 Å². The van der Waals surface area contributed by atoms with E-state index >= 15 is 0 Å². The lowest BCUT2D eigenvalue weighted by Gasteiger charge is -2.09. The van der Waals surface area contributed by atoms with Crippen LogP contribution in [-0.4, -0.2) is 33.3 Å². The molecule has 0 fully saturated rings. The van der Waals surface area contributed by atoms with E-state index in [1.165, 1.54) is 19.2 Å². The predicted octanol–water partition coefficient (Wildman–Crippen LogP) is 1.39. The Labute approximate surface area is 130 Å². The van der Waals surface area contributed by atoms with Gasteiger partial charge < -0.3 is 15.6 Å². The zero-order valence-electron chi connectivity index (χ0n) is 12.3. The van der Waals surface area contributed by atoms with Crippen molar-refractivity contribution in [3.8, 4) is 5.75 Å². The minimum Gasteiger partial charge on any atom is -0.497 e. The van der Waals surface area contributed by atoms with E-state index in [0.29, 0.717) is 12.2 Å². The standard InChI is InChI=1S/C16H19NO4S/c1-21-14-4-8-16(9-5-14)22(19,20)15-6-2-12(3-7-15)10-13(17)11-18/h2-9,13,18H,10-11,17H2,1H3. The zero-order valence-corrected chi connectivity index (χ0v) is 13.1. The van der Waals surface area contributed by atoms with Crippen LogP contribution in [0.1, 0.15) is 5.56 Å². The Bertz CT molecular complexity index is 709. The molecule has 2 rings (SSSR count). The van der Waals surface area contributed by atoms with Gasteiger partial charge in [0.2, 0.25) is 9.84 Å². The summed E-state index contributed by atoms with van der Waals surface area (Å²) in [7, 11) is -2.02. The van der Waals surface area contributed by atoms with Gasteiger partial charge in [0, 0.05) is 6.04 Å². The highest BCUT2D eigenvalue weighted by Gasteiger charge is 2.17. The molecule has 0 aromatic heterocycles. The topological polar surface area (TPSA) is 89.6 Å². The van der Waals surface area contributed by atoms with E-state index in [1.54, 1.807) is 36.4 Å². The van der Waals surface area contributed by atoms with Crippen molar-refractivity contribution in [2.75, 3.05) is 13.7 Å². The molecule has 2 aromatic carbocycles. The molecule has 118 valence electrons. The Kier molecular flexibility index (Phi) is 5.18.